The number of allylic oxidation sites excluding steroid dienone is 2. The van der Waals surface area contributed by atoms with E-state index in [9.17, 15) is 9.59 Å². The van der Waals surface area contributed by atoms with Crippen molar-refractivity contribution in [2.45, 2.75) is 6.42 Å². The van der Waals surface area contributed by atoms with Crippen molar-refractivity contribution in [3.05, 3.63) is 11.8 Å². The van der Waals surface area contributed by atoms with Crippen LogP contribution >= 0.6 is 0 Å². The predicted octanol–water partition coefficient (Wildman–Crippen LogP) is 0.0586. The third kappa shape index (κ3) is 0.988. The van der Waals surface area contributed by atoms with Crippen molar-refractivity contribution in [2.75, 3.05) is 7.11 Å². The second kappa shape index (κ2) is 2.01. The summed E-state index contributed by atoms with van der Waals surface area (Å²) in [5.74, 6) is -0.209. The monoisotopic (exact) mass is 126 g/mol. The first-order valence-electron chi connectivity index (χ1n) is 2.56. The Kier molecular flexibility index (Phi) is 1.34. The van der Waals surface area contributed by atoms with Crippen molar-refractivity contribution < 1.29 is 14.3 Å². The molecule has 1 rings (SSSR count). The van der Waals surface area contributed by atoms with Crippen LogP contribution in [0.5, 0.6) is 0 Å². The average molecular weight is 126 g/mol. The van der Waals surface area contributed by atoms with Crippen LogP contribution in [-0.4, -0.2) is 18.7 Å². The number of ketones is 2. The van der Waals surface area contributed by atoms with Gasteiger partial charge in [-0.3, -0.25) is 9.59 Å². The molecule has 0 radical (unpaired) electrons. The molecule has 0 aromatic carbocycles. The Hall–Kier alpha value is -1.12. The molecule has 1 aliphatic carbocycles. The van der Waals surface area contributed by atoms with E-state index in [1.165, 1.54) is 13.2 Å². The molecule has 3 nitrogen and oxygen atoms in total. The fourth-order valence-corrected chi connectivity index (χ4v) is 0.696. The van der Waals surface area contributed by atoms with Crippen molar-refractivity contribution in [1.29, 1.82) is 0 Å². The van der Waals surface area contributed by atoms with Crippen molar-refractivity contribution in [2.24, 2.45) is 0 Å². The Morgan fingerprint density at radius 3 is 2.44 bits per heavy atom. The summed E-state index contributed by atoms with van der Waals surface area (Å²) in [5.41, 5.74) is 0. The lowest BCUT2D eigenvalue weighted by Gasteiger charge is -1.92. The topological polar surface area (TPSA) is 43.4 Å². The Labute approximate surface area is 52.3 Å². The number of methoxy groups -OCH3 is 1. The number of carbonyl (C=O) groups excluding carboxylic acids is 2. The molecule has 1 aliphatic rings. The summed E-state index contributed by atoms with van der Waals surface area (Å²) in [6, 6.07) is 0. The molecular formula is C6H6O3. The Balaban J connectivity index is 2.80. The molecule has 9 heavy (non-hydrogen) atoms. The summed E-state index contributed by atoms with van der Waals surface area (Å²) >= 11 is 0. The third-order valence-electron chi connectivity index (χ3n) is 1.12. The zero-order valence-electron chi connectivity index (χ0n) is 5.01. The van der Waals surface area contributed by atoms with Gasteiger partial charge in [0.05, 0.1) is 13.5 Å². The van der Waals surface area contributed by atoms with Gasteiger partial charge >= 0.3 is 0 Å². The van der Waals surface area contributed by atoms with E-state index in [1.807, 2.05) is 0 Å². The fourth-order valence-electron chi connectivity index (χ4n) is 0.696. The minimum Gasteiger partial charge on any atom is -0.493 e. The Bertz CT molecular complexity index is 190. The fraction of sp³-hybridized carbons (Fsp3) is 0.333. The minimum absolute atomic E-state index is 0.0246. The largest absolute Gasteiger partial charge is 0.493 e. The SMILES string of the molecule is COC1=CC(=O)CC1=O. The highest BCUT2D eigenvalue weighted by atomic mass is 16.5. The molecule has 48 valence electrons. The molecular weight excluding hydrogens is 120 g/mol. The van der Waals surface area contributed by atoms with Crippen LogP contribution in [0.1, 0.15) is 6.42 Å². The van der Waals surface area contributed by atoms with E-state index < -0.39 is 0 Å². The van der Waals surface area contributed by atoms with Gasteiger partial charge in [-0.15, -0.1) is 0 Å². The molecule has 0 unspecified atom stereocenters. The highest BCUT2D eigenvalue weighted by molar-refractivity contribution is 6.18. The summed E-state index contributed by atoms with van der Waals surface area (Å²) in [7, 11) is 1.38. The number of ether oxygens (including phenoxy) is 1. The zero-order chi connectivity index (χ0) is 6.85. The molecule has 0 amide bonds. The molecule has 0 spiro atoms. The maximum Gasteiger partial charge on any atom is 0.205 e. The summed E-state index contributed by atoms with van der Waals surface area (Å²) in [6.45, 7) is 0. The standard InChI is InChI=1S/C6H6O3/c1-9-6-3-4(7)2-5(6)8/h3H,2H2,1H3. The lowest BCUT2D eigenvalue weighted by molar-refractivity contribution is -0.121. The molecule has 0 atom stereocenters. The first kappa shape index (κ1) is 6.01. The summed E-state index contributed by atoms with van der Waals surface area (Å²) in [4.78, 5) is 21.0. The van der Waals surface area contributed by atoms with E-state index in [4.69, 9.17) is 0 Å². The van der Waals surface area contributed by atoms with Crippen LogP contribution in [0.25, 0.3) is 0 Å². The number of carbonyl (C=O) groups is 2. The normalized spacial score (nSPS) is 18.1. The van der Waals surface area contributed by atoms with E-state index in [0.717, 1.165) is 0 Å². The van der Waals surface area contributed by atoms with Gasteiger partial charge in [-0.2, -0.15) is 0 Å². The molecule has 0 fully saturated rings. The molecule has 0 saturated heterocycles. The van der Waals surface area contributed by atoms with Crippen LogP contribution in [0, 0.1) is 0 Å². The van der Waals surface area contributed by atoms with Gasteiger partial charge in [0.15, 0.2) is 11.5 Å². The Morgan fingerprint density at radius 1 is 1.56 bits per heavy atom. The first-order chi connectivity index (χ1) is 4.24. The predicted molar refractivity (Wildman–Crippen MR) is 29.7 cm³/mol. The molecule has 0 aromatic heterocycles. The lowest BCUT2D eigenvalue weighted by atomic mass is 10.3. The molecule has 0 bridgehead atoms. The van der Waals surface area contributed by atoms with E-state index in [2.05, 4.69) is 4.74 Å². The molecule has 0 aliphatic heterocycles. The number of Topliss-reactive ketones (excluding diaryl/α,β-unsaturated/α-hetero) is 1. The van der Waals surface area contributed by atoms with Crippen LogP contribution in [0.2, 0.25) is 0 Å². The molecule has 3 heteroatoms. The van der Waals surface area contributed by atoms with Gasteiger partial charge in [-0.1, -0.05) is 0 Å². The van der Waals surface area contributed by atoms with E-state index in [-0.39, 0.29) is 23.7 Å². The van der Waals surface area contributed by atoms with Crippen LogP contribution < -0.4 is 0 Å². The maximum absolute atomic E-state index is 10.6. The van der Waals surface area contributed by atoms with Gasteiger partial charge in [-0.05, 0) is 0 Å². The average Bonchev–Trinajstić information content (AvgIpc) is 2.10. The maximum atomic E-state index is 10.6. The smallest absolute Gasteiger partial charge is 0.205 e. The highest BCUT2D eigenvalue weighted by Gasteiger charge is 2.21. The first-order valence-corrected chi connectivity index (χ1v) is 2.56. The quantitative estimate of drug-likeness (QED) is 0.466. The number of rotatable bonds is 1. The van der Waals surface area contributed by atoms with Gasteiger partial charge in [0, 0.05) is 6.08 Å². The highest BCUT2D eigenvalue weighted by Crippen LogP contribution is 2.09. The molecule has 0 heterocycles. The molecule has 0 N–H and O–H groups in total. The van der Waals surface area contributed by atoms with Crippen LogP contribution in [0.15, 0.2) is 11.8 Å². The van der Waals surface area contributed by atoms with Crippen LogP contribution in [-0.2, 0) is 14.3 Å². The number of hydrogen-bond donors (Lipinski definition) is 0. The Morgan fingerprint density at radius 2 is 2.22 bits per heavy atom. The third-order valence-corrected chi connectivity index (χ3v) is 1.12. The second-order valence-corrected chi connectivity index (χ2v) is 1.78. The summed E-state index contributed by atoms with van der Waals surface area (Å²) < 4.78 is 4.58. The van der Waals surface area contributed by atoms with E-state index in [1.54, 1.807) is 0 Å². The number of hydrogen-bond acceptors (Lipinski definition) is 3. The van der Waals surface area contributed by atoms with E-state index in [0.29, 0.717) is 0 Å². The van der Waals surface area contributed by atoms with Crippen LogP contribution in [0.3, 0.4) is 0 Å². The minimum atomic E-state index is -0.220. The van der Waals surface area contributed by atoms with Gasteiger partial charge < -0.3 is 4.74 Å². The molecule has 0 saturated carbocycles. The van der Waals surface area contributed by atoms with Crippen molar-refractivity contribution in [1.82, 2.24) is 0 Å². The van der Waals surface area contributed by atoms with Gasteiger partial charge in [-0.25, -0.2) is 0 Å². The van der Waals surface area contributed by atoms with Crippen LogP contribution in [0.4, 0.5) is 0 Å². The zero-order valence-corrected chi connectivity index (χ0v) is 5.01. The van der Waals surface area contributed by atoms with Gasteiger partial charge in [0.2, 0.25) is 5.78 Å². The molecule has 0 aromatic rings. The lowest BCUT2D eigenvalue weighted by Crippen LogP contribution is -1.98. The summed E-state index contributed by atoms with van der Waals surface area (Å²) in [6.07, 6.45) is 1.20. The van der Waals surface area contributed by atoms with Crippen molar-refractivity contribution >= 4 is 11.6 Å². The van der Waals surface area contributed by atoms with Crippen molar-refractivity contribution in [3.8, 4) is 0 Å². The van der Waals surface area contributed by atoms with Gasteiger partial charge in [0.1, 0.15) is 0 Å². The van der Waals surface area contributed by atoms with E-state index >= 15 is 0 Å². The van der Waals surface area contributed by atoms with Gasteiger partial charge in [0.25, 0.3) is 0 Å². The second-order valence-electron chi connectivity index (χ2n) is 1.78. The summed E-state index contributed by atoms with van der Waals surface area (Å²) in [5, 5.41) is 0. The van der Waals surface area contributed by atoms with Crippen molar-refractivity contribution in [3.63, 3.8) is 0 Å².